The number of nitrogens with zero attached hydrogens (tertiary/aromatic N) is 3. The van der Waals surface area contributed by atoms with Crippen LogP contribution < -0.4 is 10.6 Å². The number of hydrogen-bond donors (Lipinski definition) is 1. The Labute approximate surface area is 95.5 Å². The van der Waals surface area contributed by atoms with Crippen molar-refractivity contribution in [3.63, 3.8) is 0 Å². The highest BCUT2D eigenvalue weighted by Crippen LogP contribution is 2.19. The van der Waals surface area contributed by atoms with Crippen molar-refractivity contribution < 1.29 is 0 Å². The van der Waals surface area contributed by atoms with Crippen molar-refractivity contribution in [1.82, 2.24) is 9.97 Å². The molecule has 4 nitrogen and oxygen atoms in total. The second-order valence-electron chi connectivity index (χ2n) is 3.45. The first-order chi connectivity index (χ1) is 7.08. The van der Waals surface area contributed by atoms with E-state index in [4.69, 9.17) is 17.3 Å². The Morgan fingerprint density at radius 3 is 2.60 bits per heavy atom. The molecule has 0 bridgehead atoms. The molecule has 0 saturated heterocycles. The Morgan fingerprint density at radius 1 is 1.47 bits per heavy atom. The topological polar surface area (TPSA) is 55.0 Å². The van der Waals surface area contributed by atoms with Gasteiger partial charge in [-0.05, 0) is 20.3 Å². The van der Waals surface area contributed by atoms with E-state index in [-0.39, 0.29) is 5.95 Å². The molecule has 0 fully saturated rings. The minimum absolute atomic E-state index is 0.222. The third kappa shape index (κ3) is 2.96. The quantitative estimate of drug-likeness (QED) is 0.804. The van der Waals surface area contributed by atoms with Crippen molar-refractivity contribution in [2.75, 3.05) is 17.2 Å². The van der Waals surface area contributed by atoms with Crippen molar-refractivity contribution in [3.05, 3.63) is 11.2 Å². The van der Waals surface area contributed by atoms with E-state index >= 15 is 0 Å². The molecule has 0 aliphatic carbocycles. The molecule has 1 unspecified atom stereocenters. The van der Waals surface area contributed by atoms with Crippen molar-refractivity contribution in [1.29, 1.82) is 0 Å². The Kier molecular flexibility index (Phi) is 4.15. The summed E-state index contributed by atoms with van der Waals surface area (Å²) in [7, 11) is 0. The van der Waals surface area contributed by atoms with Crippen molar-refractivity contribution in [3.8, 4) is 0 Å². The summed E-state index contributed by atoms with van der Waals surface area (Å²) in [5, 5.41) is 0.388. The molecular formula is C10H17ClN4. The van der Waals surface area contributed by atoms with Crippen LogP contribution in [0.15, 0.2) is 6.07 Å². The van der Waals surface area contributed by atoms with E-state index < -0.39 is 0 Å². The zero-order chi connectivity index (χ0) is 11.4. The molecule has 15 heavy (non-hydrogen) atoms. The van der Waals surface area contributed by atoms with Crippen LogP contribution in [0.4, 0.5) is 11.8 Å². The van der Waals surface area contributed by atoms with Crippen LogP contribution in [0.5, 0.6) is 0 Å². The maximum absolute atomic E-state index is 5.84. The van der Waals surface area contributed by atoms with Gasteiger partial charge in [0.05, 0.1) is 0 Å². The lowest BCUT2D eigenvalue weighted by Crippen LogP contribution is -2.33. The first kappa shape index (κ1) is 12.0. The number of nitrogen functional groups attached to an aromatic ring is 1. The number of hydrogen-bond acceptors (Lipinski definition) is 4. The van der Waals surface area contributed by atoms with Gasteiger partial charge in [0.15, 0.2) is 0 Å². The summed E-state index contributed by atoms with van der Waals surface area (Å²) in [6.07, 6.45) is 1.05. The summed E-state index contributed by atoms with van der Waals surface area (Å²) in [4.78, 5) is 10.2. The number of nitrogens with two attached hydrogens (primary N) is 1. The molecule has 0 aromatic carbocycles. The third-order valence-electron chi connectivity index (χ3n) is 2.46. The molecule has 5 heteroatoms. The maximum atomic E-state index is 5.84. The van der Waals surface area contributed by atoms with Gasteiger partial charge in [-0.3, -0.25) is 0 Å². The van der Waals surface area contributed by atoms with Crippen LogP contribution in [-0.4, -0.2) is 22.6 Å². The molecule has 1 aromatic rings. The summed E-state index contributed by atoms with van der Waals surface area (Å²) in [6.45, 7) is 7.25. The molecule has 0 amide bonds. The Morgan fingerprint density at radius 2 is 2.13 bits per heavy atom. The van der Waals surface area contributed by atoms with E-state index in [2.05, 4.69) is 35.6 Å². The average molecular weight is 229 g/mol. The summed E-state index contributed by atoms with van der Waals surface area (Å²) in [6, 6.07) is 2.16. The van der Waals surface area contributed by atoms with Gasteiger partial charge in [-0.25, -0.2) is 4.98 Å². The van der Waals surface area contributed by atoms with Crippen LogP contribution in [-0.2, 0) is 0 Å². The fraction of sp³-hybridized carbons (Fsp3) is 0.600. The zero-order valence-corrected chi connectivity index (χ0v) is 10.1. The molecule has 0 aliphatic rings. The summed E-state index contributed by atoms with van der Waals surface area (Å²) < 4.78 is 0. The second-order valence-corrected chi connectivity index (χ2v) is 3.84. The summed E-state index contributed by atoms with van der Waals surface area (Å²) >= 11 is 5.84. The average Bonchev–Trinajstić information content (AvgIpc) is 2.17. The summed E-state index contributed by atoms with van der Waals surface area (Å²) in [5.74, 6) is 1.02. The maximum Gasteiger partial charge on any atom is 0.223 e. The molecule has 0 radical (unpaired) electrons. The molecule has 1 rings (SSSR count). The van der Waals surface area contributed by atoms with Gasteiger partial charge < -0.3 is 10.6 Å². The zero-order valence-electron chi connectivity index (χ0n) is 9.37. The lowest BCUT2D eigenvalue weighted by Gasteiger charge is -2.28. The second kappa shape index (κ2) is 5.16. The van der Waals surface area contributed by atoms with Gasteiger partial charge in [0.1, 0.15) is 11.0 Å². The van der Waals surface area contributed by atoms with E-state index in [0.717, 1.165) is 18.8 Å². The van der Waals surface area contributed by atoms with E-state index in [0.29, 0.717) is 11.2 Å². The van der Waals surface area contributed by atoms with Gasteiger partial charge in [0.25, 0.3) is 0 Å². The van der Waals surface area contributed by atoms with E-state index in [9.17, 15) is 0 Å². The molecule has 0 aliphatic heterocycles. The van der Waals surface area contributed by atoms with Gasteiger partial charge in [0.2, 0.25) is 5.95 Å². The van der Waals surface area contributed by atoms with E-state index in [1.165, 1.54) is 0 Å². The van der Waals surface area contributed by atoms with Crippen molar-refractivity contribution in [2.45, 2.75) is 33.2 Å². The largest absolute Gasteiger partial charge is 0.368 e. The van der Waals surface area contributed by atoms with Crippen LogP contribution in [0.2, 0.25) is 5.15 Å². The molecule has 2 N–H and O–H groups in total. The first-order valence-electron chi connectivity index (χ1n) is 5.15. The van der Waals surface area contributed by atoms with Gasteiger partial charge in [-0.2, -0.15) is 4.98 Å². The molecule has 0 saturated carbocycles. The number of rotatable bonds is 4. The van der Waals surface area contributed by atoms with Crippen LogP contribution in [0.25, 0.3) is 0 Å². The highest BCUT2D eigenvalue weighted by Gasteiger charge is 2.13. The fourth-order valence-electron chi connectivity index (χ4n) is 1.49. The van der Waals surface area contributed by atoms with Gasteiger partial charge in [-0.1, -0.05) is 18.5 Å². The molecular weight excluding hydrogens is 212 g/mol. The monoisotopic (exact) mass is 228 g/mol. The molecule has 1 aromatic heterocycles. The predicted molar refractivity (Wildman–Crippen MR) is 64.2 cm³/mol. The third-order valence-corrected chi connectivity index (χ3v) is 2.65. The SMILES string of the molecule is CCC(C)N(CC)c1cc(Cl)nc(N)n1. The summed E-state index contributed by atoms with van der Waals surface area (Å²) in [5.41, 5.74) is 5.56. The van der Waals surface area contributed by atoms with Crippen LogP contribution >= 0.6 is 11.6 Å². The Balaban J connectivity index is 3.01. The van der Waals surface area contributed by atoms with Crippen LogP contribution in [0.3, 0.4) is 0 Å². The fourth-order valence-corrected chi connectivity index (χ4v) is 1.67. The standard InChI is InChI=1S/C10H17ClN4/c1-4-7(3)15(5-2)9-6-8(11)13-10(12)14-9/h6-7H,4-5H2,1-3H3,(H2,12,13,14). The molecule has 84 valence electrons. The van der Waals surface area contributed by atoms with Gasteiger partial charge in [-0.15, -0.1) is 0 Å². The van der Waals surface area contributed by atoms with Crippen LogP contribution in [0.1, 0.15) is 27.2 Å². The van der Waals surface area contributed by atoms with Gasteiger partial charge in [0, 0.05) is 18.7 Å². The normalized spacial score (nSPS) is 12.5. The minimum Gasteiger partial charge on any atom is -0.368 e. The molecule has 1 heterocycles. The lowest BCUT2D eigenvalue weighted by molar-refractivity contribution is 0.623. The van der Waals surface area contributed by atoms with Crippen LogP contribution in [0, 0.1) is 0 Å². The lowest BCUT2D eigenvalue weighted by atomic mass is 10.2. The smallest absolute Gasteiger partial charge is 0.223 e. The van der Waals surface area contributed by atoms with E-state index in [1.54, 1.807) is 6.07 Å². The molecule has 0 spiro atoms. The van der Waals surface area contributed by atoms with E-state index in [1.807, 2.05) is 0 Å². The van der Waals surface area contributed by atoms with Crippen molar-refractivity contribution >= 4 is 23.4 Å². The minimum atomic E-state index is 0.222. The number of anilines is 2. The number of aromatic nitrogens is 2. The molecule has 1 atom stereocenters. The first-order valence-corrected chi connectivity index (χ1v) is 5.53. The number of halogens is 1. The van der Waals surface area contributed by atoms with Gasteiger partial charge >= 0.3 is 0 Å². The van der Waals surface area contributed by atoms with Crippen molar-refractivity contribution in [2.24, 2.45) is 0 Å². The predicted octanol–water partition coefficient (Wildman–Crippen LogP) is 2.34. The Bertz CT molecular complexity index is 309. The highest BCUT2D eigenvalue weighted by molar-refractivity contribution is 6.29. The highest BCUT2D eigenvalue weighted by atomic mass is 35.5. The Hall–Kier alpha value is -1.03.